The number of hydrogen-bond acceptors (Lipinski definition) is 2. The Morgan fingerprint density at radius 1 is 1.82 bits per heavy atom. The molecule has 0 spiro atoms. The van der Waals surface area contributed by atoms with Gasteiger partial charge in [-0.1, -0.05) is 6.07 Å². The van der Waals surface area contributed by atoms with Crippen molar-refractivity contribution >= 4 is 5.91 Å². The molecule has 0 aliphatic heterocycles. The van der Waals surface area contributed by atoms with Gasteiger partial charge in [-0.3, -0.25) is 9.78 Å². The standard InChI is InChI=1S/C8H9N2O/c1-7(11)10-6-8-3-2-4-9-5-8/h2-3,5H,6H2,1H3,(H,10,11). The number of nitrogens with zero attached hydrogens (tertiary/aromatic N) is 1. The van der Waals surface area contributed by atoms with Crippen LogP contribution >= 0.6 is 0 Å². The quantitative estimate of drug-likeness (QED) is 0.666. The number of pyridine rings is 1. The van der Waals surface area contributed by atoms with E-state index in [0.29, 0.717) is 6.54 Å². The Balaban J connectivity index is 2.45. The number of hydrogen-bond donors (Lipinski definition) is 1. The third-order valence-corrected chi connectivity index (χ3v) is 1.22. The zero-order valence-electron chi connectivity index (χ0n) is 6.29. The fraction of sp³-hybridized carbons (Fsp3) is 0.250. The molecule has 0 atom stereocenters. The molecule has 0 aliphatic rings. The Labute approximate surface area is 65.5 Å². The van der Waals surface area contributed by atoms with Crippen molar-refractivity contribution in [2.45, 2.75) is 13.5 Å². The minimum absolute atomic E-state index is 0.0298. The summed E-state index contributed by atoms with van der Waals surface area (Å²) in [6, 6.07) is 3.58. The molecule has 57 valence electrons. The summed E-state index contributed by atoms with van der Waals surface area (Å²) in [6.07, 6.45) is 4.33. The SMILES string of the molecule is CC(=O)NCc1cc[c]nc1. The number of carbonyl (C=O) groups excluding carboxylic acids is 1. The molecule has 1 heterocycles. The first-order valence-corrected chi connectivity index (χ1v) is 3.34. The lowest BCUT2D eigenvalue weighted by Crippen LogP contribution is -2.18. The molecule has 1 N–H and O–H groups in total. The first-order valence-electron chi connectivity index (χ1n) is 3.34. The fourth-order valence-electron chi connectivity index (χ4n) is 0.682. The summed E-state index contributed by atoms with van der Waals surface area (Å²) in [5.41, 5.74) is 0.985. The second kappa shape index (κ2) is 3.71. The summed E-state index contributed by atoms with van der Waals surface area (Å²) in [4.78, 5) is 14.3. The van der Waals surface area contributed by atoms with Crippen LogP contribution in [0.2, 0.25) is 0 Å². The maximum Gasteiger partial charge on any atom is 0.217 e. The monoisotopic (exact) mass is 149 g/mol. The summed E-state index contributed by atoms with van der Waals surface area (Å²) >= 11 is 0. The molecule has 1 amide bonds. The average Bonchev–Trinajstić information content (AvgIpc) is 2.03. The topological polar surface area (TPSA) is 42.0 Å². The van der Waals surface area contributed by atoms with Crippen LogP contribution < -0.4 is 5.32 Å². The number of nitrogens with one attached hydrogen (secondary N) is 1. The third kappa shape index (κ3) is 2.80. The molecule has 0 saturated carbocycles. The van der Waals surface area contributed by atoms with E-state index in [-0.39, 0.29) is 5.91 Å². The lowest BCUT2D eigenvalue weighted by atomic mass is 10.3. The summed E-state index contributed by atoms with van der Waals surface area (Å²) in [5, 5.41) is 2.67. The highest BCUT2D eigenvalue weighted by Crippen LogP contribution is 1.92. The van der Waals surface area contributed by atoms with E-state index < -0.39 is 0 Å². The van der Waals surface area contributed by atoms with E-state index in [1.165, 1.54) is 6.92 Å². The molecule has 1 radical (unpaired) electrons. The molecule has 0 unspecified atom stereocenters. The van der Waals surface area contributed by atoms with E-state index >= 15 is 0 Å². The van der Waals surface area contributed by atoms with Crippen molar-refractivity contribution in [2.75, 3.05) is 0 Å². The Kier molecular flexibility index (Phi) is 2.60. The van der Waals surface area contributed by atoms with Crippen molar-refractivity contribution < 1.29 is 4.79 Å². The molecule has 0 aromatic carbocycles. The third-order valence-electron chi connectivity index (χ3n) is 1.22. The van der Waals surface area contributed by atoms with Gasteiger partial charge in [-0.2, -0.15) is 0 Å². The van der Waals surface area contributed by atoms with Crippen LogP contribution in [0.25, 0.3) is 0 Å². The molecule has 0 saturated heterocycles. The summed E-state index contributed by atoms with van der Waals surface area (Å²) in [5.74, 6) is -0.0298. The number of amides is 1. The van der Waals surface area contributed by atoms with Crippen molar-refractivity contribution in [3.63, 3.8) is 0 Å². The van der Waals surface area contributed by atoms with Crippen molar-refractivity contribution in [1.82, 2.24) is 10.3 Å². The van der Waals surface area contributed by atoms with Gasteiger partial charge < -0.3 is 5.32 Å². The predicted molar refractivity (Wildman–Crippen MR) is 40.6 cm³/mol. The van der Waals surface area contributed by atoms with Crippen molar-refractivity contribution in [3.8, 4) is 0 Å². The molecule has 3 heteroatoms. The van der Waals surface area contributed by atoms with Crippen LogP contribution in [0.15, 0.2) is 18.3 Å². The molecule has 1 aromatic rings. The normalized spacial score (nSPS) is 9.18. The molecule has 0 bridgehead atoms. The van der Waals surface area contributed by atoms with E-state index in [2.05, 4.69) is 16.5 Å². The van der Waals surface area contributed by atoms with E-state index in [1.807, 2.05) is 6.07 Å². The first-order chi connectivity index (χ1) is 5.29. The minimum Gasteiger partial charge on any atom is -0.352 e. The maximum atomic E-state index is 10.5. The van der Waals surface area contributed by atoms with Gasteiger partial charge in [-0.25, -0.2) is 0 Å². The summed E-state index contributed by atoms with van der Waals surface area (Å²) in [7, 11) is 0. The Morgan fingerprint density at radius 3 is 3.18 bits per heavy atom. The second-order valence-electron chi connectivity index (χ2n) is 2.21. The van der Waals surface area contributed by atoms with Crippen molar-refractivity contribution in [1.29, 1.82) is 0 Å². The van der Waals surface area contributed by atoms with Gasteiger partial charge in [0.05, 0.1) is 6.20 Å². The average molecular weight is 149 g/mol. The molecule has 1 rings (SSSR count). The zero-order chi connectivity index (χ0) is 8.10. The fourth-order valence-corrected chi connectivity index (χ4v) is 0.682. The minimum atomic E-state index is -0.0298. The molecule has 0 aliphatic carbocycles. The highest BCUT2D eigenvalue weighted by Gasteiger charge is 1.92. The number of rotatable bonds is 2. The van der Waals surface area contributed by atoms with Crippen LogP contribution in [0, 0.1) is 6.20 Å². The summed E-state index contributed by atoms with van der Waals surface area (Å²) < 4.78 is 0. The molecule has 0 fully saturated rings. The van der Waals surface area contributed by atoms with Gasteiger partial charge in [0.2, 0.25) is 5.91 Å². The molecule has 11 heavy (non-hydrogen) atoms. The van der Waals surface area contributed by atoms with E-state index in [0.717, 1.165) is 5.56 Å². The van der Waals surface area contributed by atoms with Crippen LogP contribution in [-0.4, -0.2) is 10.9 Å². The molecule has 3 nitrogen and oxygen atoms in total. The van der Waals surface area contributed by atoms with Crippen molar-refractivity contribution in [2.24, 2.45) is 0 Å². The molecular formula is C8H9N2O. The van der Waals surface area contributed by atoms with Gasteiger partial charge >= 0.3 is 0 Å². The van der Waals surface area contributed by atoms with E-state index in [9.17, 15) is 4.79 Å². The largest absolute Gasteiger partial charge is 0.352 e. The zero-order valence-corrected chi connectivity index (χ0v) is 6.29. The van der Waals surface area contributed by atoms with Crippen LogP contribution in [0.3, 0.4) is 0 Å². The van der Waals surface area contributed by atoms with Gasteiger partial charge in [-0.05, 0) is 11.6 Å². The number of aromatic nitrogens is 1. The second-order valence-corrected chi connectivity index (χ2v) is 2.21. The highest BCUT2D eigenvalue weighted by molar-refractivity contribution is 5.72. The lowest BCUT2D eigenvalue weighted by Gasteiger charge is -1.99. The number of carbonyl (C=O) groups is 1. The van der Waals surface area contributed by atoms with Gasteiger partial charge in [0.1, 0.15) is 0 Å². The first kappa shape index (κ1) is 7.72. The van der Waals surface area contributed by atoms with Gasteiger partial charge in [0.25, 0.3) is 0 Å². The maximum absolute atomic E-state index is 10.5. The Hall–Kier alpha value is -1.38. The highest BCUT2D eigenvalue weighted by atomic mass is 16.1. The van der Waals surface area contributed by atoms with Crippen LogP contribution in [0.1, 0.15) is 12.5 Å². The van der Waals surface area contributed by atoms with Crippen LogP contribution in [0.4, 0.5) is 0 Å². The van der Waals surface area contributed by atoms with Gasteiger partial charge in [0, 0.05) is 19.7 Å². The molecule has 1 aromatic heterocycles. The van der Waals surface area contributed by atoms with Crippen LogP contribution in [0.5, 0.6) is 0 Å². The molecular weight excluding hydrogens is 140 g/mol. The van der Waals surface area contributed by atoms with Gasteiger partial charge in [-0.15, -0.1) is 0 Å². The van der Waals surface area contributed by atoms with E-state index in [4.69, 9.17) is 0 Å². The lowest BCUT2D eigenvalue weighted by molar-refractivity contribution is -0.119. The Bertz CT molecular complexity index is 233. The summed E-state index contributed by atoms with van der Waals surface area (Å²) in [6.45, 7) is 2.03. The van der Waals surface area contributed by atoms with Crippen LogP contribution in [-0.2, 0) is 11.3 Å². The predicted octanol–water partition coefficient (Wildman–Crippen LogP) is 0.518. The van der Waals surface area contributed by atoms with Gasteiger partial charge in [0.15, 0.2) is 0 Å². The smallest absolute Gasteiger partial charge is 0.217 e. The van der Waals surface area contributed by atoms with E-state index in [1.54, 1.807) is 12.3 Å². The van der Waals surface area contributed by atoms with Crippen molar-refractivity contribution in [3.05, 3.63) is 30.1 Å². The Morgan fingerprint density at radius 2 is 2.64 bits per heavy atom.